The van der Waals surface area contributed by atoms with Crippen molar-refractivity contribution < 1.29 is 9.59 Å². The maximum atomic E-state index is 11.9. The molecule has 0 aliphatic rings. The van der Waals surface area contributed by atoms with Crippen LogP contribution in [0.25, 0.3) is 0 Å². The molecule has 0 saturated carbocycles. The fourth-order valence-corrected chi connectivity index (χ4v) is 1.49. The van der Waals surface area contributed by atoms with E-state index >= 15 is 0 Å². The highest BCUT2D eigenvalue weighted by Crippen LogP contribution is 2.05. The second-order valence-corrected chi connectivity index (χ2v) is 5.51. The van der Waals surface area contributed by atoms with Crippen LogP contribution in [0.2, 0.25) is 0 Å². The van der Waals surface area contributed by atoms with Crippen molar-refractivity contribution >= 4 is 23.4 Å². The molecule has 0 aromatic heterocycles. The van der Waals surface area contributed by atoms with Gasteiger partial charge in [-0.3, -0.25) is 9.59 Å². The Hall–Kier alpha value is -0.770. The monoisotopic (exact) mass is 262 g/mol. The van der Waals surface area contributed by atoms with E-state index in [1.165, 1.54) is 4.90 Å². The number of nitrogens with one attached hydrogen (secondary N) is 1. The van der Waals surface area contributed by atoms with Gasteiger partial charge in [-0.05, 0) is 27.7 Å². The van der Waals surface area contributed by atoms with Crippen LogP contribution in [0.15, 0.2) is 0 Å². The number of nitrogens with zero attached hydrogens (tertiary/aromatic N) is 1. The van der Waals surface area contributed by atoms with Gasteiger partial charge in [0.25, 0.3) is 0 Å². The fraction of sp³-hybridized carbons (Fsp3) is 0.833. The van der Waals surface area contributed by atoms with E-state index in [1.807, 2.05) is 27.7 Å². The zero-order valence-electron chi connectivity index (χ0n) is 11.3. The van der Waals surface area contributed by atoms with Gasteiger partial charge < -0.3 is 10.2 Å². The molecule has 1 N–H and O–H groups in total. The Balaban J connectivity index is 4.41. The predicted octanol–water partition coefficient (Wildman–Crippen LogP) is 1.62. The molecular weight excluding hydrogens is 240 g/mol. The standard InChI is InChI=1S/C12H23ClN2O2/c1-6-15(11(17)9(2)7-13)8-10(16)14-12(3,4)5/h9H,6-8H2,1-5H3,(H,14,16). The van der Waals surface area contributed by atoms with E-state index in [9.17, 15) is 9.59 Å². The van der Waals surface area contributed by atoms with Crippen LogP contribution in [0.4, 0.5) is 0 Å². The number of carbonyl (C=O) groups excluding carboxylic acids is 2. The third-order valence-corrected chi connectivity index (χ3v) is 2.66. The summed E-state index contributed by atoms with van der Waals surface area (Å²) in [6.45, 7) is 9.94. The van der Waals surface area contributed by atoms with Gasteiger partial charge >= 0.3 is 0 Å². The number of hydrogen-bond donors (Lipinski definition) is 1. The minimum Gasteiger partial charge on any atom is -0.350 e. The minimum absolute atomic E-state index is 0.0773. The molecular formula is C12H23ClN2O2. The van der Waals surface area contributed by atoms with Gasteiger partial charge in [-0.1, -0.05) is 6.92 Å². The van der Waals surface area contributed by atoms with Crippen molar-refractivity contribution in [1.29, 1.82) is 0 Å². The summed E-state index contributed by atoms with van der Waals surface area (Å²) in [6, 6.07) is 0. The van der Waals surface area contributed by atoms with Gasteiger partial charge in [-0.2, -0.15) is 0 Å². The average Bonchev–Trinajstić information content (AvgIpc) is 2.21. The summed E-state index contributed by atoms with van der Waals surface area (Å²) >= 11 is 5.64. The van der Waals surface area contributed by atoms with Crippen molar-refractivity contribution in [3.05, 3.63) is 0 Å². The van der Waals surface area contributed by atoms with Gasteiger partial charge in [-0.25, -0.2) is 0 Å². The molecule has 0 fully saturated rings. The van der Waals surface area contributed by atoms with E-state index in [1.54, 1.807) is 6.92 Å². The molecule has 0 spiro atoms. The lowest BCUT2D eigenvalue weighted by atomic mass is 10.1. The first-order chi connectivity index (χ1) is 7.71. The van der Waals surface area contributed by atoms with Gasteiger partial charge in [0.2, 0.25) is 11.8 Å². The largest absolute Gasteiger partial charge is 0.350 e. The van der Waals surface area contributed by atoms with Crippen molar-refractivity contribution in [2.75, 3.05) is 19.0 Å². The molecule has 0 rings (SSSR count). The molecule has 1 unspecified atom stereocenters. The van der Waals surface area contributed by atoms with E-state index < -0.39 is 0 Å². The molecule has 0 bridgehead atoms. The number of hydrogen-bond acceptors (Lipinski definition) is 2. The summed E-state index contributed by atoms with van der Waals surface area (Å²) in [7, 11) is 0. The van der Waals surface area contributed by atoms with Gasteiger partial charge in [0, 0.05) is 23.9 Å². The van der Waals surface area contributed by atoms with Crippen LogP contribution >= 0.6 is 11.6 Å². The Morgan fingerprint density at radius 3 is 2.24 bits per heavy atom. The Morgan fingerprint density at radius 1 is 1.35 bits per heavy atom. The maximum Gasteiger partial charge on any atom is 0.240 e. The van der Waals surface area contributed by atoms with Crippen molar-refractivity contribution in [3.63, 3.8) is 0 Å². The number of carbonyl (C=O) groups is 2. The van der Waals surface area contributed by atoms with Gasteiger partial charge in [0.1, 0.15) is 0 Å². The minimum atomic E-state index is -0.280. The van der Waals surface area contributed by atoms with Crippen LogP contribution in [0.1, 0.15) is 34.6 Å². The van der Waals surface area contributed by atoms with E-state index in [0.717, 1.165) is 0 Å². The molecule has 0 aromatic rings. The third kappa shape index (κ3) is 6.51. The Kier molecular flexibility index (Phi) is 6.53. The van der Waals surface area contributed by atoms with Crippen molar-refractivity contribution in [2.45, 2.75) is 40.2 Å². The molecule has 0 saturated heterocycles. The van der Waals surface area contributed by atoms with Crippen LogP contribution in [0, 0.1) is 5.92 Å². The lowest BCUT2D eigenvalue weighted by Gasteiger charge is -2.26. The van der Waals surface area contributed by atoms with Crippen LogP contribution in [-0.4, -0.2) is 41.2 Å². The first-order valence-corrected chi connectivity index (χ1v) is 6.40. The summed E-state index contributed by atoms with van der Waals surface area (Å²) in [5.41, 5.74) is -0.280. The second kappa shape index (κ2) is 6.84. The first-order valence-electron chi connectivity index (χ1n) is 5.87. The summed E-state index contributed by atoms with van der Waals surface area (Å²) in [4.78, 5) is 25.1. The van der Waals surface area contributed by atoms with Crippen LogP contribution in [0.5, 0.6) is 0 Å². The molecule has 5 heteroatoms. The summed E-state index contributed by atoms with van der Waals surface area (Å²) < 4.78 is 0. The number of alkyl halides is 1. The zero-order chi connectivity index (χ0) is 13.6. The van der Waals surface area contributed by atoms with Gasteiger partial charge in [-0.15, -0.1) is 11.6 Å². The number of likely N-dealkylation sites (N-methyl/N-ethyl adjacent to an activating group) is 1. The molecule has 2 amide bonds. The second-order valence-electron chi connectivity index (χ2n) is 5.21. The molecule has 0 radical (unpaired) electrons. The fourth-order valence-electron chi connectivity index (χ4n) is 1.35. The van der Waals surface area contributed by atoms with E-state index in [2.05, 4.69) is 5.32 Å². The molecule has 0 aliphatic heterocycles. The van der Waals surface area contributed by atoms with Gasteiger partial charge in [0.05, 0.1) is 6.54 Å². The van der Waals surface area contributed by atoms with E-state index in [4.69, 9.17) is 11.6 Å². The Morgan fingerprint density at radius 2 is 1.88 bits per heavy atom. The Labute approximate surface area is 109 Å². The predicted molar refractivity (Wildman–Crippen MR) is 70.0 cm³/mol. The van der Waals surface area contributed by atoms with Crippen LogP contribution in [0.3, 0.4) is 0 Å². The summed E-state index contributed by atoms with van der Waals surface area (Å²) in [6.07, 6.45) is 0. The van der Waals surface area contributed by atoms with Crippen molar-refractivity contribution in [2.24, 2.45) is 5.92 Å². The maximum absolute atomic E-state index is 11.9. The van der Waals surface area contributed by atoms with Crippen LogP contribution < -0.4 is 5.32 Å². The van der Waals surface area contributed by atoms with Gasteiger partial charge in [0.15, 0.2) is 0 Å². The SMILES string of the molecule is CCN(CC(=O)NC(C)(C)C)C(=O)C(C)CCl. The molecule has 4 nitrogen and oxygen atoms in total. The zero-order valence-corrected chi connectivity index (χ0v) is 12.1. The molecule has 0 heterocycles. The third-order valence-electron chi connectivity index (χ3n) is 2.20. The number of halogens is 1. The number of rotatable bonds is 5. The topological polar surface area (TPSA) is 49.4 Å². The van der Waals surface area contributed by atoms with Crippen LogP contribution in [-0.2, 0) is 9.59 Å². The Bertz CT molecular complexity index is 274. The van der Waals surface area contributed by atoms with E-state index in [0.29, 0.717) is 6.54 Å². The summed E-state index contributed by atoms with van der Waals surface area (Å²) in [5, 5.41) is 2.83. The van der Waals surface area contributed by atoms with E-state index in [-0.39, 0.29) is 35.7 Å². The first kappa shape index (κ1) is 16.2. The van der Waals surface area contributed by atoms with Crippen molar-refractivity contribution in [1.82, 2.24) is 10.2 Å². The molecule has 17 heavy (non-hydrogen) atoms. The highest BCUT2D eigenvalue weighted by Gasteiger charge is 2.22. The smallest absolute Gasteiger partial charge is 0.240 e. The lowest BCUT2D eigenvalue weighted by molar-refractivity contribution is -0.138. The normalized spacial score (nSPS) is 13.1. The molecule has 100 valence electrons. The molecule has 1 atom stereocenters. The quantitative estimate of drug-likeness (QED) is 0.766. The van der Waals surface area contributed by atoms with Crippen molar-refractivity contribution in [3.8, 4) is 0 Å². The highest BCUT2D eigenvalue weighted by atomic mass is 35.5. The number of amides is 2. The highest BCUT2D eigenvalue weighted by molar-refractivity contribution is 6.19. The lowest BCUT2D eigenvalue weighted by Crippen LogP contribution is -2.48. The molecule has 0 aliphatic carbocycles. The summed E-state index contributed by atoms with van der Waals surface area (Å²) in [5.74, 6) is -0.198. The average molecular weight is 263 g/mol. The molecule has 0 aromatic carbocycles.